The van der Waals surface area contributed by atoms with E-state index >= 15 is 0 Å². The molecule has 178 valence electrons. The molecule has 2 atom stereocenters. The van der Waals surface area contributed by atoms with Crippen LogP contribution in [0.1, 0.15) is 49.3 Å². The molecule has 1 aromatic carbocycles. The zero-order valence-electron chi connectivity index (χ0n) is 19.4. The number of carbonyl (C=O) groups is 2. The van der Waals surface area contributed by atoms with Crippen LogP contribution in [0.25, 0.3) is 5.69 Å². The van der Waals surface area contributed by atoms with Gasteiger partial charge in [-0.15, -0.1) is 5.10 Å². The average Bonchev–Trinajstić information content (AvgIpc) is 3.17. The lowest BCUT2D eigenvalue weighted by atomic mass is 9.77. The highest BCUT2D eigenvalue weighted by Gasteiger charge is 2.50. The highest BCUT2D eigenvalue weighted by atomic mass is 19.1. The fraction of sp³-hybridized carbons (Fsp3) is 0.565. The minimum Gasteiger partial charge on any atom is -0.386 e. The molecule has 2 aromatic rings. The molecular weight excluding hydrogens is 429 g/mol. The van der Waals surface area contributed by atoms with Gasteiger partial charge >= 0.3 is 0 Å². The fourth-order valence-electron chi connectivity index (χ4n) is 4.77. The Bertz CT molecular complexity index is 1040. The maximum atomic E-state index is 13.2. The molecule has 10 heteroatoms. The van der Waals surface area contributed by atoms with Gasteiger partial charge in [0.25, 0.3) is 5.91 Å². The summed E-state index contributed by atoms with van der Waals surface area (Å²) < 4.78 is 20.9. The molecule has 0 saturated carbocycles. The van der Waals surface area contributed by atoms with Crippen molar-refractivity contribution in [1.29, 1.82) is 0 Å². The summed E-state index contributed by atoms with van der Waals surface area (Å²) in [5, 5.41) is 18.9. The van der Waals surface area contributed by atoms with Gasteiger partial charge in [-0.05, 0) is 57.4 Å². The summed E-state index contributed by atoms with van der Waals surface area (Å²) in [6, 6.07) is 5.48. The molecule has 2 saturated heterocycles. The van der Waals surface area contributed by atoms with Crippen LogP contribution in [0.4, 0.5) is 4.39 Å². The molecule has 1 spiro atoms. The number of hydrogen-bond acceptors (Lipinski definition) is 6. The van der Waals surface area contributed by atoms with Crippen LogP contribution in [0.2, 0.25) is 0 Å². The number of likely N-dealkylation sites (N-methyl/N-ethyl adjacent to an activating group) is 1. The number of amides is 2. The van der Waals surface area contributed by atoms with E-state index in [0.29, 0.717) is 43.7 Å². The number of ether oxygens (including phenoxy) is 1. The van der Waals surface area contributed by atoms with E-state index in [9.17, 15) is 19.1 Å². The molecule has 0 aliphatic carbocycles. The number of rotatable bonds is 3. The minimum atomic E-state index is -1.13. The molecule has 2 aliphatic rings. The van der Waals surface area contributed by atoms with Crippen LogP contribution < -0.4 is 0 Å². The normalized spacial score (nSPS) is 24.7. The molecule has 0 unspecified atom stereocenters. The number of piperidine rings is 1. The lowest BCUT2D eigenvalue weighted by molar-refractivity contribution is -0.207. The van der Waals surface area contributed by atoms with Crippen molar-refractivity contribution in [2.24, 2.45) is 0 Å². The summed E-state index contributed by atoms with van der Waals surface area (Å²) in [5.41, 5.74) is -0.152. The number of hydrogen-bond donors (Lipinski definition) is 1. The van der Waals surface area contributed by atoms with Gasteiger partial charge in [0.1, 0.15) is 11.4 Å². The van der Waals surface area contributed by atoms with E-state index in [2.05, 4.69) is 10.3 Å². The first-order valence-corrected chi connectivity index (χ1v) is 11.1. The van der Waals surface area contributed by atoms with Crippen molar-refractivity contribution in [3.05, 3.63) is 41.5 Å². The molecule has 33 heavy (non-hydrogen) atoms. The van der Waals surface area contributed by atoms with Gasteiger partial charge in [0.15, 0.2) is 5.69 Å². The van der Waals surface area contributed by atoms with Crippen molar-refractivity contribution in [3.8, 4) is 5.69 Å². The van der Waals surface area contributed by atoms with Crippen molar-refractivity contribution in [1.82, 2.24) is 24.8 Å². The number of nitrogens with zero attached hydrogens (tertiary/aromatic N) is 5. The Morgan fingerprint density at radius 2 is 1.88 bits per heavy atom. The molecule has 3 heterocycles. The molecule has 2 amide bonds. The Morgan fingerprint density at radius 3 is 2.48 bits per heavy atom. The van der Waals surface area contributed by atoms with E-state index in [-0.39, 0.29) is 36.0 Å². The van der Waals surface area contributed by atoms with Gasteiger partial charge in [0, 0.05) is 27.1 Å². The van der Waals surface area contributed by atoms with E-state index in [0.717, 1.165) is 0 Å². The third-order valence-corrected chi connectivity index (χ3v) is 7.05. The molecule has 2 fully saturated rings. The zero-order chi connectivity index (χ0) is 24.0. The second-order valence-electron chi connectivity index (χ2n) is 9.38. The first-order chi connectivity index (χ1) is 15.5. The topological polar surface area (TPSA) is 101 Å². The predicted molar refractivity (Wildman–Crippen MR) is 117 cm³/mol. The summed E-state index contributed by atoms with van der Waals surface area (Å²) in [5.74, 6) is -0.668. The predicted octanol–water partition coefficient (Wildman–Crippen LogP) is 1.71. The molecule has 1 aromatic heterocycles. The van der Waals surface area contributed by atoms with Gasteiger partial charge < -0.3 is 19.6 Å². The second kappa shape index (κ2) is 8.49. The van der Waals surface area contributed by atoms with Gasteiger partial charge in [0.2, 0.25) is 5.91 Å². The average molecular weight is 460 g/mol. The largest absolute Gasteiger partial charge is 0.386 e. The molecule has 1 N–H and O–H groups in total. The van der Waals surface area contributed by atoms with Gasteiger partial charge in [-0.2, -0.15) is 0 Å². The number of likely N-dealkylation sites (tertiary alicyclic amines) is 1. The van der Waals surface area contributed by atoms with Crippen molar-refractivity contribution >= 4 is 11.8 Å². The molecular formula is C23H30FN5O4. The standard InChI is InChI=1S/C23H30FN5O4/c1-15-20(25-26-29(15)18-7-5-17(24)6-8-18)21(31)28-11-9-23(10-12-28)13-19(27(4)16(2)30)22(3,32)14-33-23/h5-8,19,32H,9-14H2,1-4H3/t19-,22-/m0/s1. The Hall–Kier alpha value is -2.85. The third kappa shape index (κ3) is 4.37. The first kappa shape index (κ1) is 23.3. The second-order valence-corrected chi connectivity index (χ2v) is 9.38. The van der Waals surface area contributed by atoms with Crippen LogP contribution >= 0.6 is 0 Å². The van der Waals surface area contributed by atoms with Gasteiger partial charge in [-0.1, -0.05) is 5.21 Å². The van der Waals surface area contributed by atoms with E-state index in [1.807, 2.05) is 0 Å². The molecule has 9 nitrogen and oxygen atoms in total. The number of benzene rings is 1. The van der Waals surface area contributed by atoms with E-state index in [1.165, 1.54) is 23.7 Å². The first-order valence-electron chi connectivity index (χ1n) is 11.1. The zero-order valence-corrected chi connectivity index (χ0v) is 19.4. The van der Waals surface area contributed by atoms with Gasteiger partial charge in [-0.25, -0.2) is 9.07 Å². The third-order valence-electron chi connectivity index (χ3n) is 7.05. The Balaban J connectivity index is 1.45. The quantitative estimate of drug-likeness (QED) is 0.750. The van der Waals surface area contributed by atoms with E-state index in [1.54, 1.807) is 42.8 Å². The van der Waals surface area contributed by atoms with Crippen LogP contribution in [0, 0.1) is 12.7 Å². The van der Waals surface area contributed by atoms with Crippen molar-refractivity contribution in [2.45, 2.75) is 57.3 Å². The fourth-order valence-corrected chi connectivity index (χ4v) is 4.77. The van der Waals surface area contributed by atoms with Crippen LogP contribution in [0.3, 0.4) is 0 Å². The van der Waals surface area contributed by atoms with Crippen molar-refractivity contribution < 1.29 is 23.8 Å². The van der Waals surface area contributed by atoms with E-state index in [4.69, 9.17) is 4.74 Å². The molecule has 4 rings (SSSR count). The van der Waals surface area contributed by atoms with Gasteiger partial charge in [-0.3, -0.25) is 9.59 Å². The molecule has 0 bridgehead atoms. The minimum absolute atomic E-state index is 0.107. The monoisotopic (exact) mass is 459 g/mol. The number of aliphatic hydroxyl groups is 1. The maximum Gasteiger partial charge on any atom is 0.276 e. The van der Waals surface area contributed by atoms with Crippen LogP contribution in [0.15, 0.2) is 24.3 Å². The Kier molecular flexibility index (Phi) is 6.00. The lowest BCUT2D eigenvalue weighted by Crippen LogP contribution is -2.64. The van der Waals surface area contributed by atoms with Crippen molar-refractivity contribution in [2.75, 3.05) is 26.7 Å². The van der Waals surface area contributed by atoms with Crippen LogP contribution in [-0.4, -0.2) is 85.7 Å². The Labute approximate surface area is 192 Å². The van der Waals surface area contributed by atoms with E-state index < -0.39 is 11.2 Å². The van der Waals surface area contributed by atoms with Crippen LogP contribution in [0.5, 0.6) is 0 Å². The summed E-state index contributed by atoms with van der Waals surface area (Å²) in [6.07, 6.45) is 1.71. The van der Waals surface area contributed by atoms with Gasteiger partial charge in [0.05, 0.1) is 29.6 Å². The summed E-state index contributed by atoms with van der Waals surface area (Å²) in [6.45, 7) is 6.02. The summed E-state index contributed by atoms with van der Waals surface area (Å²) in [7, 11) is 1.70. The summed E-state index contributed by atoms with van der Waals surface area (Å²) >= 11 is 0. The number of halogens is 1. The highest BCUT2D eigenvalue weighted by Crippen LogP contribution is 2.40. The smallest absolute Gasteiger partial charge is 0.276 e. The highest BCUT2D eigenvalue weighted by molar-refractivity contribution is 5.93. The molecule has 2 aliphatic heterocycles. The van der Waals surface area contributed by atoms with Crippen molar-refractivity contribution in [3.63, 3.8) is 0 Å². The lowest BCUT2D eigenvalue weighted by Gasteiger charge is -2.52. The summed E-state index contributed by atoms with van der Waals surface area (Å²) in [4.78, 5) is 28.4. The van der Waals surface area contributed by atoms with Crippen LogP contribution in [-0.2, 0) is 9.53 Å². The SMILES string of the molecule is CC(=O)N(C)[C@H]1CC2(CCN(C(=O)c3nnn(-c4ccc(F)cc4)c3C)CC2)OC[C@]1(C)O. The molecule has 0 radical (unpaired) electrons. The maximum absolute atomic E-state index is 13.2. The number of carbonyl (C=O) groups excluding carboxylic acids is 2. The number of aromatic nitrogens is 3. The Morgan fingerprint density at radius 1 is 1.24 bits per heavy atom.